The van der Waals surface area contributed by atoms with Crippen LogP contribution in [0.1, 0.15) is 37.0 Å². The zero-order chi connectivity index (χ0) is 14.1. The van der Waals surface area contributed by atoms with Gasteiger partial charge in [-0.05, 0) is 40.2 Å². The molecule has 20 heavy (non-hydrogen) atoms. The van der Waals surface area contributed by atoms with Crippen LogP contribution in [-0.2, 0) is 5.54 Å². The summed E-state index contributed by atoms with van der Waals surface area (Å²) in [6, 6.07) is 2.18. The molecule has 0 atom stereocenters. The monoisotopic (exact) mass is 462 g/mol. The Hall–Kier alpha value is 0.350. The molecule has 0 spiro atoms. The highest BCUT2D eigenvalue weighted by Gasteiger charge is 2.41. The smallest absolute Gasteiger partial charge is 0.108 e. The van der Waals surface area contributed by atoms with E-state index < -0.39 is 0 Å². The van der Waals surface area contributed by atoms with Crippen molar-refractivity contribution in [2.24, 2.45) is 0 Å². The van der Waals surface area contributed by atoms with Crippen molar-refractivity contribution in [1.82, 2.24) is 5.32 Å². The van der Waals surface area contributed by atoms with Gasteiger partial charge < -0.3 is 0 Å². The number of hydrogen-bond acceptors (Lipinski definition) is 2. The zero-order valence-corrected chi connectivity index (χ0v) is 15.8. The lowest BCUT2D eigenvalue weighted by Gasteiger charge is -2.43. The molecule has 1 nitrogen and oxygen atoms in total. The Balaban J connectivity index is 1.94. The molecule has 0 saturated heterocycles. The molecule has 0 aromatic carbocycles. The lowest BCUT2D eigenvalue weighted by molar-refractivity contribution is 0.230. The molecule has 0 amide bonds. The lowest BCUT2D eigenvalue weighted by Crippen LogP contribution is -2.52. The summed E-state index contributed by atoms with van der Waals surface area (Å²) < 4.78 is 1.18. The molecule has 3 rings (SSSR count). The molecule has 1 N–H and O–H groups in total. The van der Waals surface area contributed by atoms with E-state index in [1.54, 1.807) is 0 Å². The first-order valence-corrected chi connectivity index (χ1v) is 9.81. The van der Waals surface area contributed by atoms with Crippen LogP contribution in [0.15, 0.2) is 40.2 Å². The molecular formula is C16H18BrINS. The largest absolute Gasteiger partial charge is 0.286 e. The SMILES string of the molecule is Brc1ccsc1C1(NC2(I)C=C[CH]C=C2)CCCCC1. The van der Waals surface area contributed by atoms with Crippen molar-refractivity contribution in [2.75, 3.05) is 0 Å². The Labute approximate surface area is 147 Å². The van der Waals surface area contributed by atoms with Crippen LogP contribution in [0.3, 0.4) is 0 Å². The summed E-state index contributed by atoms with van der Waals surface area (Å²) in [5.41, 5.74) is 0.110. The fourth-order valence-corrected chi connectivity index (χ4v) is 6.06. The van der Waals surface area contributed by atoms with E-state index in [-0.39, 0.29) is 9.08 Å². The van der Waals surface area contributed by atoms with Gasteiger partial charge in [0.1, 0.15) is 3.55 Å². The van der Waals surface area contributed by atoms with Crippen molar-refractivity contribution >= 4 is 49.9 Å². The minimum atomic E-state index is -0.0761. The van der Waals surface area contributed by atoms with Crippen LogP contribution < -0.4 is 5.32 Å². The minimum absolute atomic E-state index is 0.0761. The van der Waals surface area contributed by atoms with Gasteiger partial charge in [-0.15, -0.1) is 11.3 Å². The second kappa shape index (κ2) is 6.23. The molecule has 1 fully saturated rings. The fourth-order valence-electron chi connectivity index (χ4n) is 3.16. The van der Waals surface area contributed by atoms with Crippen molar-refractivity contribution in [1.29, 1.82) is 0 Å². The van der Waals surface area contributed by atoms with Gasteiger partial charge in [-0.25, -0.2) is 0 Å². The van der Waals surface area contributed by atoms with Gasteiger partial charge in [0, 0.05) is 15.8 Å². The van der Waals surface area contributed by atoms with Crippen LogP contribution in [0.5, 0.6) is 0 Å². The quantitative estimate of drug-likeness (QED) is 0.344. The van der Waals surface area contributed by atoms with Crippen LogP contribution in [0, 0.1) is 6.42 Å². The van der Waals surface area contributed by atoms with Crippen molar-refractivity contribution < 1.29 is 0 Å². The van der Waals surface area contributed by atoms with E-state index in [1.807, 2.05) is 11.3 Å². The van der Waals surface area contributed by atoms with E-state index in [0.29, 0.717) is 0 Å². The minimum Gasteiger partial charge on any atom is -0.286 e. The maximum atomic E-state index is 3.96. The Bertz CT molecular complexity index is 516. The summed E-state index contributed by atoms with van der Waals surface area (Å²) in [7, 11) is 0. The molecule has 107 valence electrons. The van der Waals surface area contributed by atoms with Crippen molar-refractivity contribution in [2.45, 2.75) is 41.2 Å². The van der Waals surface area contributed by atoms with Gasteiger partial charge in [0.2, 0.25) is 0 Å². The third-order valence-electron chi connectivity index (χ3n) is 4.09. The van der Waals surface area contributed by atoms with E-state index in [1.165, 1.54) is 41.5 Å². The maximum Gasteiger partial charge on any atom is 0.108 e. The first-order chi connectivity index (χ1) is 9.64. The maximum absolute atomic E-state index is 3.96. The van der Waals surface area contributed by atoms with E-state index >= 15 is 0 Å². The topological polar surface area (TPSA) is 12.0 Å². The van der Waals surface area contributed by atoms with Crippen LogP contribution >= 0.6 is 49.9 Å². The molecule has 1 saturated carbocycles. The fraction of sp³-hybridized carbons (Fsp3) is 0.438. The molecule has 2 aliphatic rings. The van der Waals surface area contributed by atoms with Crippen LogP contribution in [0.4, 0.5) is 0 Å². The summed E-state index contributed by atoms with van der Waals surface area (Å²) in [6.07, 6.45) is 17.3. The van der Waals surface area contributed by atoms with E-state index in [2.05, 4.69) is 86.0 Å². The Morgan fingerprint density at radius 1 is 1.15 bits per heavy atom. The van der Waals surface area contributed by atoms with Gasteiger partial charge in [0.25, 0.3) is 0 Å². The Morgan fingerprint density at radius 2 is 1.85 bits per heavy atom. The highest BCUT2D eigenvalue weighted by Crippen LogP contribution is 2.45. The highest BCUT2D eigenvalue weighted by molar-refractivity contribution is 14.1. The Morgan fingerprint density at radius 3 is 2.45 bits per heavy atom. The predicted molar refractivity (Wildman–Crippen MR) is 99.2 cm³/mol. The van der Waals surface area contributed by atoms with Crippen LogP contribution in [-0.4, -0.2) is 3.55 Å². The average molecular weight is 463 g/mol. The van der Waals surface area contributed by atoms with Gasteiger partial charge in [-0.1, -0.05) is 66.2 Å². The van der Waals surface area contributed by atoms with Gasteiger partial charge in [-0.3, -0.25) is 5.32 Å². The van der Waals surface area contributed by atoms with E-state index in [9.17, 15) is 0 Å². The van der Waals surface area contributed by atoms with Gasteiger partial charge >= 0.3 is 0 Å². The number of nitrogens with one attached hydrogen (secondary N) is 1. The van der Waals surface area contributed by atoms with Crippen LogP contribution in [0.25, 0.3) is 0 Å². The molecule has 1 heterocycles. The predicted octanol–water partition coefficient (Wildman–Crippen LogP) is 5.72. The van der Waals surface area contributed by atoms with Gasteiger partial charge in [-0.2, -0.15) is 0 Å². The number of allylic oxidation sites excluding steroid dienone is 2. The van der Waals surface area contributed by atoms with E-state index in [4.69, 9.17) is 0 Å². The summed E-state index contributed by atoms with van der Waals surface area (Å²) in [6.45, 7) is 0. The molecule has 4 heteroatoms. The molecule has 1 aromatic heterocycles. The lowest BCUT2D eigenvalue weighted by atomic mass is 9.79. The molecule has 0 unspecified atom stereocenters. The second-order valence-corrected chi connectivity index (χ2v) is 9.10. The van der Waals surface area contributed by atoms with Crippen molar-refractivity contribution in [3.8, 4) is 0 Å². The first-order valence-electron chi connectivity index (χ1n) is 7.06. The van der Waals surface area contributed by atoms with Gasteiger partial charge in [0.15, 0.2) is 0 Å². The highest BCUT2D eigenvalue weighted by atomic mass is 127. The number of rotatable bonds is 3. The third-order valence-corrected chi connectivity index (χ3v) is 7.12. The average Bonchev–Trinajstić information content (AvgIpc) is 2.87. The molecule has 0 bridgehead atoms. The molecular weight excluding hydrogens is 445 g/mol. The third kappa shape index (κ3) is 3.08. The first kappa shape index (κ1) is 15.3. The molecule has 1 radical (unpaired) electrons. The van der Waals surface area contributed by atoms with E-state index in [0.717, 1.165) is 0 Å². The number of hydrogen-bond donors (Lipinski definition) is 1. The molecule has 1 aromatic rings. The summed E-state index contributed by atoms with van der Waals surface area (Å²) in [5, 5.41) is 6.16. The summed E-state index contributed by atoms with van der Waals surface area (Å²) in [5.74, 6) is 0. The second-order valence-electron chi connectivity index (χ2n) is 5.54. The van der Waals surface area contributed by atoms with Crippen LogP contribution in [0.2, 0.25) is 0 Å². The molecule has 0 aliphatic heterocycles. The zero-order valence-electron chi connectivity index (χ0n) is 11.2. The number of halogens is 2. The van der Waals surface area contributed by atoms with Crippen molar-refractivity contribution in [3.05, 3.63) is 51.5 Å². The Kier molecular flexibility index (Phi) is 4.75. The van der Waals surface area contributed by atoms with Crippen molar-refractivity contribution in [3.63, 3.8) is 0 Å². The number of alkyl halides is 1. The summed E-state index contributed by atoms with van der Waals surface area (Å²) in [4.78, 5) is 1.46. The standard InChI is InChI=1S/C16H18BrINS/c17-13-7-12-20-14(13)15(8-3-1-4-9-15)19-16(18)10-5-2-6-11-16/h2,5-7,10-12,19H,1,3-4,8-9H2. The normalized spacial score (nSPS) is 23.9. The number of thiophene rings is 1. The summed E-state index contributed by atoms with van der Waals surface area (Å²) >= 11 is 8.14. The molecule has 2 aliphatic carbocycles. The van der Waals surface area contributed by atoms with Gasteiger partial charge in [0.05, 0.1) is 5.54 Å².